The molecule has 2 aromatic rings. The van der Waals surface area contributed by atoms with Crippen LogP contribution in [-0.4, -0.2) is 29.7 Å². The molecule has 1 N–H and O–H groups in total. The van der Waals surface area contributed by atoms with Gasteiger partial charge in [0.2, 0.25) is 0 Å². The first-order valence-corrected chi connectivity index (χ1v) is 7.41. The van der Waals surface area contributed by atoms with Crippen molar-refractivity contribution in [1.82, 2.24) is 4.90 Å². The molecule has 23 heavy (non-hydrogen) atoms. The zero-order chi connectivity index (χ0) is 16.9. The second-order valence-corrected chi connectivity index (χ2v) is 5.73. The molecule has 2 aromatic carbocycles. The molecule has 0 saturated heterocycles. The Morgan fingerprint density at radius 3 is 2.13 bits per heavy atom. The van der Waals surface area contributed by atoms with Gasteiger partial charge in [-0.25, -0.2) is 0 Å². The van der Waals surface area contributed by atoms with E-state index < -0.39 is 17.8 Å². The van der Waals surface area contributed by atoms with Crippen LogP contribution in [0.3, 0.4) is 0 Å². The van der Waals surface area contributed by atoms with Crippen LogP contribution in [0.2, 0.25) is 0 Å². The number of likely N-dealkylation sites (N-methyl/N-ethyl adjacent to an activating group) is 1. The predicted molar refractivity (Wildman–Crippen MR) is 83.9 cm³/mol. The number of alkyl halides is 3. The molecule has 1 atom stereocenters. The average Bonchev–Trinajstić information content (AvgIpc) is 2.47. The van der Waals surface area contributed by atoms with Gasteiger partial charge < -0.3 is 5.11 Å². The number of halogens is 3. The zero-order valence-electron chi connectivity index (χ0n) is 12.9. The monoisotopic (exact) mass is 323 g/mol. The molecule has 0 aliphatic heterocycles. The van der Waals surface area contributed by atoms with E-state index in [-0.39, 0.29) is 0 Å². The second-order valence-electron chi connectivity index (χ2n) is 5.73. The van der Waals surface area contributed by atoms with Gasteiger partial charge in [-0.15, -0.1) is 0 Å². The fourth-order valence-electron chi connectivity index (χ4n) is 2.49. The zero-order valence-corrected chi connectivity index (χ0v) is 12.9. The first-order chi connectivity index (χ1) is 10.8. The van der Waals surface area contributed by atoms with Crippen molar-refractivity contribution in [1.29, 1.82) is 0 Å². The minimum atomic E-state index is -4.31. The Morgan fingerprint density at radius 1 is 0.957 bits per heavy atom. The largest absolute Gasteiger partial charge is 0.416 e. The maximum absolute atomic E-state index is 12.5. The number of aliphatic hydroxyl groups excluding tert-OH is 1. The van der Waals surface area contributed by atoms with Crippen molar-refractivity contribution in [3.05, 3.63) is 71.3 Å². The predicted octanol–water partition coefficient (Wildman–Crippen LogP) is 3.74. The Hall–Kier alpha value is -1.85. The van der Waals surface area contributed by atoms with E-state index in [1.54, 1.807) is 0 Å². The Kier molecular flexibility index (Phi) is 5.80. The van der Waals surface area contributed by atoms with Crippen molar-refractivity contribution in [3.63, 3.8) is 0 Å². The molecular formula is C18H20F3NO. The van der Waals surface area contributed by atoms with Crippen molar-refractivity contribution < 1.29 is 18.3 Å². The lowest BCUT2D eigenvalue weighted by Crippen LogP contribution is -2.30. The van der Waals surface area contributed by atoms with Gasteiger partial charge in [-0.2, -0.15) is 13.2 Å². The van der Waals surface area contributed by atoms with Crippen molar-refractivity contribution >= 4 is 0 Å². The maximum Gasteiger partial charge on any atom is 0.416 e. The average molecular weight is 323 g/mol. The van der Waals surface area contributed by atoms with Crippen LogP contribution in [0.1, 0.15) is 16.7 Å². The van der Waals surface area contributed by atoms with E-state index >= 15 is 0 Å². The topological polar surface area (TPSA) is 23.5 Å². The van der Waals surface area contributed by atoms with Gasteiger partial charge in [-0.1, -0.05) is 42.5 Å². The quantitative estimate of drug-likeness (QED) is 0.875. The molecule has 0 aromatic heterocycles. The van der Waals surface area contributed by atoms with Gasteiger partial charge in [0.1, 0.15) is 0 Å². The van der Waals surface area contributed by atoms with Gasteiger partial charge >= 0.3 is 6.18 Å². The van der Waals surface area contributed by atoms with Crippen LogP contribution in [-0.2, 0) is 19.1 Å². The summed E-state index contributed by atoms with van der Waals surface area (Å²) in [6.07, 6.45) is -4.27. The molecule has 0 heterocycles. The Morgan fingerprint density at radius 2 is 1.57 bits per heavy atom. The van der Waals surface area contributed by atoms with Crippen molar-refractivity contribution in [3.8, 4) is 0 Å². The molecule has 1 unspecified atom stereocenters. The molecule has 0 spiro atoms. The first kappa shape index (κ1) is 17.5. The number of rotatable bonds is 6. The van der Waals surface area contributed by atoms with Crippen LogP contribution in [0, 0.1) is 0 Å². The van der Waals surface area contributed by atoms with Gasteiger partial charge in [-0.05, 0) is 36.7 Å². The molecule has 2 rings (SSSR count). The van der Waals surface area contributed by atoms with Crippen LogP contribution in [0.4, 0.5) is 13.2 Å². The third-order valence-corrected chi connectivity index (χ3v) is 3.57. The van der Waals surface area contributed by atoms with E-state index in [4.69, 9.17) is 0 Å². The van der Waals surface area contributed by atoms with Crippen LogP contribution < -0.4 is 0 Å². The third-order valence-electron chi connectivity index (χ3n) is 3.57. The summed E-state index contributed by atoms with van der Waals surface area (Å²) in [6, 6.07) is 14.8. The normalized spacial score (nSPS) is 13.3. The van der Waals surface area contributed by atoms with Crippen LogP contribution in [0.25, 0.3) is 0 Å². The summed E-state index contributed by atoms with van der Waals surface area (Å²) < 4.78 is 37.6. The lowest BCUT2D eigenvalue weighted by atomic mass is 10.1. The highest BCUT2D eigenvalue weighted by molar-refractivity contribution is 5.24. The summed E-state index contributed by atoms with van der Waals surface area (Å²) in [5.74, 6) is 0. The number of hydrogen-bond acceptors (Lipinski definition) is 2. The Balaban J connectivity index is 1.85. The van der Waals surface area contributed by atoms with E-state index in [1.807, 2.05) is 42.3 Å². The van der Waals surface area contributed by atoms with Crippen molar-refractivity contribution in [2.45, 2.75) is 25.2 Å². The van der Waals surface area contributed by atoms with E-state index in [9.17, 15) is 18.3 Å². The molecular weight excluding hydrogens is 303 g/mol. The Bertz CT molecular complexity index is 596. The summed E-state index contributed by atoms with van der Waals surface area (Å²) in [7, 11) is 1.84. The van der Waals surface area contributed by atoms with Crippen molar-refractivity contribution in [2.24, 2.45) is 0 Å². The second kappa shape index (κ2) is 7.62. The summed E-state index contributed by atoms with van der Waals surface area (Å²) in [6.45, 7) is 0.944. The van der Waals surface area contributed by atoms with Gasteiger partial charge in [0.05, 0.1) is 11.7 Å². The number of benzene rings is 2. The summed E-state index contributed by atoms with van der Waals surface area (Å²) in [5.41, 5.74) is 1.20. The highest BCUT2D eigenvalue weighted by atomic mass is 19.4. The van der Waals surface area contributed by atoms with E-state index in [0.717, 1.165) is 23.3 Å². The Labute approximate surface area is 134 Å². The molecule has 0 aliphatic carbocycles. The number of hydrogen-bond donors (Lipinski definition) is 1. The van der Waals surface area contributed by atoms with Gasteiger partial charge in [0.25, 0.3) is 0 Å². The fraction of sp³-hybridized carbons (Fsp3) is 0.333. The minimum Gasteiger partial charge on any atom is -0.391 e. The van der Waals surface area contributed by atoms with Crippen molar-refractivity contribution in [2.75, 3.05) is 13.6 Å². The summed E-state index contributed by atoms with van der Waals surface area (Å²) in [5, 5.41) is 10.1. The van der Waals surface area contributed by atoms with Gasteiger partial charge in [-0.3, -0.25) is 4.90 Å². The molecule has 5 heteroatoms. The fourth-order valence-corrected chi connectivity index (χ4v) is 2.49. The molecule has 124 valence electrons. The standard InChI is InChI=1S/C18H20F3NO/c1-22(13-17(23)11-14-5-3-2-4-6-14)12-15-7-9-16(10-8-15)18(19,20)21/h2-10,17,23H,11-13H2,1H3. The minimum absolute atomic E-state index is 0.454. The van der Waals surface area contributed by atoms with E-state index in [0.29, 0.717) is 19.5 Å². The highest BCUT2D eigenvalue weighted by Crippen LogP contribution is 2.29. The van der Waals surface area contributed by atoms with Gasteiger partial charge in [0, 0.05) is 13.1 Å². The lowest BCUT2D eigenvalue weighted by molar-refractivity contribution is -0.137. The molecule has 0 saturated carbocycles. The summed E-state index contributed by atoms with van der Waals surface area (Å²) >= 11 is 0. The van der Waals surface area contributed by atoms with Crippen LogP contribution in [0.5, 0.6) is 0 Å². The lowest BCUT2D eigenvalue weighted by Gasteiger charge is -2.21. The number of nitrogens with zero attached hydrogens (tertiary/aromatic N) is 1. The van der Waals surface area contributed by atoms with Crippen LogP contribution >= 0.6 is 0 Å². The van der Waals surface area contributed by atoms with E-state index in [1.165, 1.54) is 12.1 Å². The molecule has 2 nitrogen and oxygen atoms in total. The molecule has 0 fully saturated rings. The SMILES string of the molecule is CN(Cc1ccc(C(F)(F)F)cc1)CC(O)Cc1ccccc1. The smallest absolute Gasteiger partial charge is 0.391 e. The molecule has 0 aliphatic rings. The van der Waals surface area contributed by atoms with Gasteiger partial charge in [0.15, 0.2) is 0 Å². The molecule has 0 radical (unpaired) electrons. The molecule has 0 amide bonds. The van der Waals surface area contributed by atoms with Crippen LogP contribution in [0.15, 0.2) is 54.6 Å². The maximum atomic E-state index is 12.5. The van der Waals surface area contributed by atoms with E-state index in [2.05, 4.69) is 0 Å². The highest BCUT2D eigenvalue weighted by Gasteiger charge is 2.29. The molecule has 0 bridgehead atoms. The third kappa shape index (κ3) is 5.69. The first-order valence-electron chi connectivity index (χ1n) is 7.41. The number of aliphatic hydroxyl groups is 1. The summed E-state index contributed by atoms with van der Waals surface area (Å²) in [4.78, 5) is 1.90.